The standard InChI is InChI=1S/C12H16N6O/c1-9-4-15-10(5-14-9)6-16-12(19)11-7-18(3-2-13)8-17-11/h4-5,7-8H,2-3,6,13H2,1H3,(H,16,19). The summed E-state index contributed by atoms with van der Waals surface area (Å²) >= 11 is 0. The van der Waals surface area contributed by atoms with E-state index >= 15 is 0 Å². The predicted octanol–water partition coefficient (Wildman–Crippen LogP) is -0.130. The van der Waals surface area contributed by atoms with E-state index in [1.807, 2.05) is 6.92 Å². The van der Waals surface area contributed by atoms with Crippen molar-refractivity contribution in [2.24, 2.45) is 5.73 Å². The maximum atomic E-state index is 11.8. The van der Waals surface area contributed by atoms with E-state index in [-0.39, 0.29) is 5.91 Å². The van der Waals surface area contributed by atoms with Gasteiger partial charge in [-0.25, -0.2) is 4.98 Å². The monoisotopic (exact) mass is 260 g/mol. The molecule has 0 aliphatic rings. The highest BCUT2D eigenvalue weighted by molar-refractivity contribution is 5.91. The van der Waals surface area contributed by atoms with Gasteiger partial charge in [-0.15, -0.1) is 0 Å². The van der Waals surface area contributed by atoms with Crippen LogP contribution in [-0.4, -0.2) is 32.0 Å². The Kier molecular flexibility index (Phi) is 4.19. The van der Waals surface area contributed by atoms with Crippen LogP contribution in [0.15, 0.2) is 24.9 Å². The van der Waals surface area contributed by atoms with Gasteiger partial charge in [0.25, 0.3) is 5.91 Å². The number of amides is 1. The number of hydrogen-bond acceptors (Lipinski definition) is 5. The van der Waals surface area contributed by atoms with Crippen LogP contribution in [0.4, 0.5) is 0 Å². The number of nitrogens with two attached hydrogens (primary N) is 1. The second-order valence-electron chi connectivity index (χ2n) is 4.12. The van der Waals surface area contributed by atoms with E-state index in [0.717, 1.165) is 5.69 Å². The number of carbonyl (C=O) groups excluding carboxylic acids is 1. The molecule has 7 nitrogen and oxygen atoms in total. The van der Waals surface area contributed by atoms with Gasteiger partial charge in [0.15, 0.2) is 0 Å². The summed E-state index contributed by atoms with van der Waals surface area (Å²) in [6.07, 6.45) is 6.57. The van der Waals surface area contributed by atoms with Crippen molar-refractivity contribution in [1.29, 1.82) is 0 Å². The molecule has 0 aliphatic heterocycles. The molecule has 19 heavy (non-hydrogen) atoms. The fraction of sp³-hybridized carbons (Fsp3) is 0.333. The van der Waals surface area contributed by atoms with E-state index in [2.05, 4.69) is 20.3 Å². The first-order valence-corrected chi connectivity index (χ1v) is 5.96. The third kappa shape index (κ3) is 3.59. The van der Waals surface area contributed by atoms with E-state index in [9.17, 15) is 4.79 Å². The smallest absolute Gasteiger partial charge is 0.271 e. The van der Waals surface area contributed by atoms with Crippen molar-refractivity contribution in [2.75, 3.05) is 6.54 Å². The Hall–Kier alpha value is -2.28. The van der Waals surface area contributed by atoms with Crippen LogP contribution in [0.3, 0.4) is 0 Å². The molecule has 0 bridgehead atoms. The van der Waals surface area contributed by atoms with Crippen LogP contribution in [-0.2, 0) is 13.1 Å². The van der Waals surface area contributed by atoms with Crippen molar-refractivity contribution >= 4 is 5.91 Å². The summed E-state index contributed by atoms with van der Waals surface area (Å²) in [7, 11) is 0. The quantitative estimate of drug-likeness (QED) is 0.780. The van der Waals surface area contributed by atoms with Gasteiger partial charge in [0.05, 0.1) is 30.5 Å². The van der Waals surface area contributed by atoms with Crippen LogP contribution in [0.2, 0.25) is 0 Å². The Balaban J connectivity index is 1.91. The maximum absolute atomic E-state index is 11.8. The Morgan fingerprint density at radius 2 is 2.21 bits per heavy atom. The number of imidazole rings is 1. The van der Waals surface area contributed by atoms with Crippen LogP contribution < -0.4 is 11.1 Å². The lowest BCUT2D eigenvalue weighted by Gasteiger charge is -2.02. The summed E-state index contributed by atoms with van der Waals surface area (Å²) in [5, 5.41) is 2.74. The highest BCUT2D eigenvalue weighted by Crippen LogP contribution is 1.98. The molecule has 0 saturated heterocycles. The Morgan fingerprint density at radius 3 is 2.89 bits per heavy atom. The molecule has 2 aromatic rings. The molecule has 1 amide bonds. The molecule has 7 heteroatoms. The van der Waals surface area contributed by atoms with Gasteiger partial charge in [-0.3, -0.25) is 14.8 Å². The largest absolute Gasteiger partial charge is 0.345 e. The predicted molar refractivity (Wildman–Crippen MR) is 69.2 cm³/mol. The van der Waals surface area contributed by atoms with Gasteiger partial charge < -0.3 is 15.6 Å². The molecule has 2 rings (SSSR count). The van der Waals surface area contributed by atoms with E-state index < -0.39 is 0 Å². The Morgan fingerprint density at radius 1 is 1.37 bits per heavy atom. The summed E-state index contributed by atoms with van der Waals surface area (Å²) in [5.41, 5.74) is 7.35. The van der Waals surface area contributed by atoms with E-state index in [1.54, 1.807) is 29.5 Å². The van der Waals surface area contributed by atoms with Crippen molar-refractivity contribution in [1.82, 2.24) is 24.8 Å². The number of nitrogens with zero attached hydrogens (tertiary/aromatic N) is 4. The lowest BCUT2D eigenvalue weighted by Crippen LogP contribution is -2.23. The topological polar surface area (TPSA) is 98.7 Å². The zero-order valence-electron chi connectivity index (χ0n) is 10.7. The molecule has 0 radical (unpaired) electrons. The highest BCUT2D eigenvalue weighted by Gasteiger charge is 2.09. The minimum atomic E-state index is -0.238. The first-order chi connectivity index (χ1) is 9.19. The number of aromatic nitrogens is 4. The number of nitrogens with one attached hydrogen (secondary N) is 1. The van der Waals surface area contributed by atoms with Crippen molar-refractivity contribution in [3.8, 4) is 0 Å². The van der Waals surface area contributed by atoms with Crippen LogP contribution in [0.1, 0.15) is 21.9 Å². The molecule has 0 spiro atoms. The molecule has 0 aromatic carbocycles. The third-order valence-corrected chi connectivity index (χ3v) is 2.52. The average Bonchev–Trinajstić information content (AvgIpc) is 2.87. The van der Waals surface area contributed by atoms with Gasteiger partial charge in [-0.2, -0.15) is 0 Å². The molecule has 2 aromatic heterocycles. The van der Waals surface area contributed by atoms with Crippen molar-refractivity contribution in [2.45, 2.75) is 20.0 Å². The van der Waals surface area contributed by atoms with Crippen LogP contribution >= 0.6 is 0 Å². The Labute approximate surface area is 110 Å². The van der Waals surface area contributed by atoms with E-state index in [4.69, 9.17) is 5.73 Å². The Bertz CT molecular complexity index is 548. The summed E-state index contributed by atoms with van der Waals surface area (Å²) < 4.78 is 1.78. The zero-order valence-corrected chi connectivity index (χ0v) is 10.7. The van der Waals surface area contributed by atoms with Crippen molar-refractivity contribution in [3.05, 3.63) is 42.0 Å². The molecule has 3 N–H and O–H groups in total. The second-order valence-corrected chi connectivity index (χ2v) is 4.12. The van der Waals surface area contributed by atoms with Crippen LogP contribution in [0.5, 0.6) is 0 Å². The fourth-order valence-corrected chi connectivity index (χ4v) is 1.52. The van der Waals surface area contributed by atoms with E-state index in [1.165, 1.54) is 0 Å². The summed E-state index contributed by atoms with van der Waals surface area (Å²) in [6, 6.07) is 0. The normalized spacial score (nSPS) is 10.4. The first kappa shape index (κ1) is 13.2. The van der Waals surface area contributed by atoms with Gasteiger partial charge in [-0.05, 0) is 6.92 Å². The number of hydrogen-bond donors (Lipinski definition) is 2. The molecule has 0 fully saturated rings. The molecule has 0 atom stereocenters. The summed E-state index contributed by atoms with van der Waals surface area (Å²) in [4.78, 5) is 24.1. The van der Waals surface area contributed by atoms with Gasteiger partial charge in [0.1, 0.15) is 5.69 Å². The van der Waals surface area contributed by atoms with Crippen molar-refractivity contribution in [3.63, 3.8) is 0 Å². The molecule has 2 heterocycles. The first-order valence-electron chi connectivity index (χ1n) is 5.96. The summed E-state index contributed by atoms with van der Waals surface area (Å²) in [6.45, 7) is 3.34. The average molecular weight is 260 g/mol. The van der Waals surface area contributed by atoms with Crippen molar-refractivity contribution < 1.29 is 4.79 Å². The number of carbonyl (C=O) groups is 1. The lowest BCUT2D eigenvalue weighted by atomic mass is 10.4. The number of rotatable bonds is 5. The zero-order chi connectivity index (χ0) is 13.7. The number of aryl methyl sites for hydroxylation is 1. The molecular formula is C12H16N6O. The third-order valence-electron chi connectivity index (χ3n) is 2.52. The molecule has 0 saturated carbocycles. The minimum absolute atomic E-state index is 0.238. The molecule has 0 unspecified atom stereocenters. The minimum Gasteiger partial charge on any atom is -0.345 e. The maximum Gasteiger partial charge on any atom is 0.271 e. The van der Waals surface area contributed by atoms with Gasteiger partial charge >= 0.3 is 0 Å². The SMILES string of the molecule is Cc1cnc(CNC(=O)c2cn(CCN)cn2)cn1. The highest BCUT2D eigenvalue weighted by atomic mass is 16.1. The fourth-order valence-electron chi connectivity index (χ4n) is 1.52. The molecular weight excluding hydrogens is 244 g/mol. The second kappa shape index (κ2) is 6.05. The van der Waals surface area contributed by atoms with Gasteiger partial charge in [-0.1, -0.05) is 0 Å². The van der Waals surface area contributed by atoms with Crippen LogP contribution in [0, 0.1) is 6.92 Å². The summed E-state index contributed by atoms with van der Waals surface area (Å²) in [5.74, 6) is -0.238. The van der Waals surface area contributed by atoms with Gasteiger partial charge in [0, 0.05) is 25.5 Å². The van der Waals surface area contributed by atoms with Gasteiger partial charge in [0.2, 0.25) is 0 Å². The lowest BCUT2D eigenvalue weighted by molar-refractivity contribution is 0.0946. The van der Waals surface area contributed by atoms with E-state index in [0.29, 0.717) is 31.0 Å². The molecule has 100 valence electrons. The molecule has 0 aliphatic carbocycles. The van der Waals surface area contributed by atoms with Crippen LogP contribution in [0.25, 0.3) is 0 Å².